The number of rotatable bonds is 7. The number of ether oxygens (including phenoxy) is 2. The highest BCUT2D eigenvalue weighted by molar-refractivity contribution is 5.95. The number of para-hydroxylation sites is 1. The van der Waals surface area contributed by atoms with Crippen LogP contribution in [0.2, 0.25) is 0 Å². The van der Waals surface area contributed by atoms with Crippen LogP contribution in [0.1, 0.15) is 15.9 Å². The van der Waals surface area contributed by atoms with Gasteiger partial charge in [0.25, 0.3) is 0 Å². The van der Waals surface area contributed by atoms with Crippen LogP contribution in [0.15, 0.2) is 55.0 Å². The molecular formula is C23H20N8O3. The molecule has 4 aromatic rings. The van der Waals surface area contributed by atoms with Gasteiger partial charge >= 0.3 is 5.97 Å². The van der Waals surface area contributed by atoms with Gasteiger partial charge in [0.15, 0.2) is 17.4 Å². The summed E-state index contributed by atoms with van der Waals surface area (Å²) in [6, 6.07) is 14.3. The smallest absolute Gasteiger partial charge is 0.343 e. The van der Waals surface area contributed by atoms with Crippen LogP contribution in [0.3, 0.4) is 0 Å². The minimum Gasteiger partial charge on any atom is -0.494 e. The summed E-state index contributed by atoms with van der Waals surface area (Å²) in [6.45, 7) is 0. The molecule has 0 bridgehead atoms. The first-order valence-corrected chi connectivity index (χ1v) is 10.0. The summed E-state index contributed by atoms with van der Waals surface area (Å²) in [7, 11) is 4.59. The fourth-order valence-corrected chi connectivity index (χ4v) is 3.18. The van der Waals surface area contributed by atoms with E-state index in [1.807, 2.05) is 12.1 Å². The number of aryl methyl sites for hydroxylation is 1. The van der Waals surface area contributed by atoms with E-state index in [0.717, 1.165) is 0 Å². The molecule has 170 valence electrons. The van der Waals surface area contributed by atoms with Crippen LogP contribution in [-0.4, -0.2) is 44.9 Å². The first-order chi connectivity index (χ1) is 16.5. The molecule has 0 unspecified atom stereocenters. The fourth-order valence-electron chi connectivity index (χ4n) is 3.18. The number of benzene rings is 2. The summed E-state index contributed by atoms with van der Waals surface area (Å²) in [5.74, 6) is 0.810. The highest BCUT2D eigenvalue weighted by atomic mass is 16.5. The maximum Gasteiger partial charge on any atom is 0.343 e. The van der Waals surface area contributed by atoms with E-state index in [9.17, 15) is 4.79 Å². The van der Waals surface area contributed by atoms with Crippen molar-refractivity contribution in [2.24, 2.45) is 7.05 Å². The number of nitriles is 1. The van der Waals surface area contributed by atoms with Crippen molar-refractivity contribution >= 4 is 29.1 Å². The zero-order valence-corrected chi connectivity index (χ0v) is 18.6. The Bertz CT molecular complexity index is 1380. The monoisotopic (exact) mass is 456 g/mol. The van der Waals surface area contributed by atoms with E-state index in [4.69, 9.17) is 14.7 Å². The zero-order valence-electron chi connectivity index (χ0n) is 18.6. The number of anilines is 4. The van der Waals surface area contributed by atoms with Crippen molar-refractivity contribution in [3.63, 3.8) is 0 Å². The second kappa shape index (κ2) is 9.66. The van der Waals surface area contributed by atoms with Gasteiger partial charge in [0.05, 0.1) is 37.1 Å². The van der Waals surface area contributed by atoms with Crippen molar-refractivity contribution in [1.29, 1.82) is 5.26 Å². The number of nitrogens with one attached hydrogen (secondary N) is 2. The van der Waals surface area contributed by atoms with Crippen molar-refractivity contribution in [1.82, 2.24) is 24.7 Å². The minimum atomic E-state index is -0.603. The number of hydrogen-bond acceptors (Lipinski definition) is 10. The summed E-state index contributed by atoms with van der Waals surface area (Å²) in [5.41, 5.74) is 2.55. The Kier molecular flexibility index (Phi) is 6.31. The molecule has 0 aliphatic heterocycles. The molecule has 0 radical (unpaired) electrons. The molecule has 2 N–H and O–H groups in total. The molecule has 0 amide bonds. The fraction of sp³-hybridized carbons (Fsp3) is 0.130. The molecule has 2 aromatic carbocycles. The summed E-state index contributed by atoms with van der Waals surface area (Å²) < 4.78 is 12.1. The zero-order chi connectivity index (χ0) is 24.1. The Morgan fingerprint density at radius 1 is 1.09 bits per heavy atom. The van der Waals surface area contributed by atoms with Crippen LogP contribution < -0.4 is 15.4 Å². The number of aromatic nitrogens is 5. The second-order valence-electron chi connectivity index (χ2n) is 7.01. The number of esters is 1. The molecule has 0 aliphatic carbocycles. The lowest BCUT2D eigenvalue weighted by molar-refractivity contribution is 0.0601. The molecule has 0 saturated heterocycles. The van der Waals surface area contributed by atoms with Gasteiger partial charge in [0, 0.05) is 18.9 Å². The standard InChI is InChI=1S/C23H20N8O3/c1-31-13-26-20(30-31)16-5-4-6-18(19(16)33-2)28-21-17(22(32)34-3)12-25-23(29-21)27-15-9-7-14(11-24)8-10-15/h4-10,12-13H,1-3H3,(H2,25,27,28,29). The second-order valence-corrected chi connectivity index (χ2v) is 7.01. The molecule has 11 nitrogen and oxygen atoms in total. The largest absolute Gasteiger partial charge is 0.494 e. The number of methoxy groups -OCH3 is 2. The lowest BCUT2D eigenvalue weighted by Crippen LogP contribution is -2.11. The van der Waals surface area contributed by atoms with Gasteiger partial charge in [-0.3, -0.25) is 4.68 Å². The average molecular weight is 456 g/mol. The van der Waals surface area contributed by atoms with E-state index in [2.05, 4.69) is 36.8 Å². The number of carbonyl (C=O) groups excluding carboxylic acids is 1. The summed E-state index contributed by atoms with van der Waals surface area (Å²) >= 11 is 0. The van der Waals surface area contributed by atoms with Gasteiger partial charge in [-0.1, -0.05) is 6.07 Å². The van der Waals surface area contributed by atoms with Gasteiger partial charge in [0.2, 0.25) is 5.95 Å². The van der Waals surface area contributed by atoms with Crippen LogP contribution in [0.25, 0.3) is 11.4 Å². The van der Waals surface area contributed by atoms with E-state index in [1.165, 1.54) is 20.4 Å². The van der Waals surface area contributed by atoms with Gasteiger partial charge in [-0.25, -0.2) is 14.8 Å². The Morgan fingerprint density at radius 3 is 2.53 bits per heavy atom. The SMILES string of the molecule is COC(=O)c1cnc(Nc2ccc(C#N)cc2)nc1Nc1cccc(-c2ncn(C)n2)c1OC. The van der Waals surface area contributed by atoms with E-state index in [1.54, 1.807) is 48.4 Å². The molecule has 34 heavy (non-hydrogen) atoms. The predicted octanol–water partition coefficient (Wildman–Crippen LogP) is 3.43. The molecule has 4 rings (SSSR count). The lowest BCUT2D eigenvalue weighted by Gasteiger charge is -2.16. The predicted molar refractivity (Wildman–Crippen MR) is 124 cm³/mol. The van der Waals surface area contributed by atoms with Crippen LogP contribution in [0.4, 0.5) is 23.1 Å². The quantitative estimate of drug-likeness (QED) is 0.397. The molecule has 11 heteroatoms. The molecule has 0 spiro atoms. The number of carbonyl (C=O) groups is 1. The average Bonchev–Trinajstić information content (AvgIpc) is 3.30. The molecule has 0 fully saturated rings. The van der Waals surface area contributed by atoms with Crippen molar-refractivity contribution < 1.29 is 14.3 Å². The molecule has 2 aromatic heterocycles. The topological polar surface area (TPSA) is 140 Å². The van der Waals surface area contributed by atoms with Crippen LogP contribution in [-0.2, 0) is 11.8 Å². The van der Waals surface area contributed by atoms with Gasteiger partial charge in [-0.2, -0.15) is 15.3 Å². The normalized spacial score (nSPS) is 10.3. The Morgan fingerprint density at radius 2 is 1.88 bits per heavy atom. The molecule has 2 heterocycles. The maximum absolute atomic E-state index is 12.4. The maximum atomic E-state index is 12.4. The van der Waals surface area contributed by atoms with Crippen molar-refractivity contribution in [3.05, 3.63) is 66.1 Å². The van der Waals surface area contributed by atoms with E-state index in [-0.39, 0.29) is 17.3 Å². The molecule has 0 saturated carbocycles. The highest BCUT2D eigenvalue weighted by Gasteiger charge is 2.19. The van der Waals surface area contributed by atoms with Gasteiger partial charge in [0.1, 0.15) is 11.9 Å². The van der Waals surface area contributed by atoms with E-state index < -0.39 is 5.97 Å². The van der Waals surface area contributed by atoms with Crippen molar-refractivity contribution in [3.8, 4) is 23.2 Å². The van der Waals surface area contributed by atoms with Gasteiger partial charge in [-0.05, 0) is 36.4 Å². The Balaban J connectivity index is 1.71. The first-order valence-electron chi connectivity index (χ1n) is 10.0. The summed E-state index contributed by atoms with van der Waals surface area (Å²) in [6.07, 6.45) is 2.96. The number of hydrogen-bond donors (Lipinski definition) is 2. The molecule has 0 atom stereocenters. The van der Waals surface area contributed by atoms with Crippen LogP contribution >= 0.6 is 0 Å². The number of nitrogens with zero attached hydrogens (tertiary/aromatic N) is 6. The Labute approximate surface area is 195 Å². The van der Waals surface area contributed by atoms with E-state index >= 15 is 0 Å². The van der Waals surface area contributed by atoms with Crippen molar-refractivity contribution in [2.45, 2.75) is 0 Å². The lowest BCUT2D eigenvalue weighted by atomic mass is 10.1. The molecular weight excluding hydrogens is 436 g/mol. The van der Waals surface area contributed by atoms with Gasteiger partial charge in [-0.15, -0.1) is 0 Å². The summed E-state index contributed by atoms with van der Waals surface area (Å²) in [5, 5.41) is 19.5. The van der Waals surface area contributed by atoms with Crippen LogP contribution in [0, 0.1) is 11.3 Å². The van der Waals surface area contributed by atoms with Crippen LogP contribution in [0.5, 0.6) is 5.75 Å². The van der Waals surface area contributed by atoms with Gasteiger partial charge < -0.3 is 20.1 Å². The third-order valence-electron chi connectivity index (χ3n) is 4.78. The Hall–Kier alpha value is -4.98. The third kappa shape index (κ3) is 4.61. The van der Waals surface area contributed by atoms with Crippen molar-refractivity contribution in [2.75, 3.05) is 24.9 Å². The highest BCUT2D eigenvalue weighted by Crippen LogP contribution is 2.36. The first kappa shape index (κ1) is 22.2. The minimum absolute atomic E-state index is 0.135. The third-order valence-corrected chi connectivity index (χ3v) is 4.78. The molecule has 0 aliphatic rings. The van der Waals surface area contributed by atoms with E-state index in [0.29, 0.717) is 34.1 Å². The summed E-state index contributed by atoms with van der Waals surface area (Å²) in [4.78, 5) is 25.3.